The number of benzene rings is 3. The van der Waals surface area contributed by atoms with Gasteiger partial charge in [-0.1, -0.05) is 43.0 Å². The number of carbonyl (C=O) groups excluding carboxylic acids is 1. The zero-order valence-electron chi connectivity index (χ0n) is 18.8. The second kappa shape index (κ2) is 10.5. The summed E-state index contributed by atoms with van der Waals surface area (Å²) in [4.78, 5) is 15.2. The van der Waals surface area contributed by atoms with E-state index in [2.05, 4.69) is 11.3 Å². The van der Waals surface area contributed by atoms with Crippen LogP contribution < -0.4 is 9.47 Å². The molecule has 1 aliphatic carbocycles. The standard InChI is InChI=1S/C27H24F3O4S/c1-2-26(17-9-10-18-26)34-25(31)32-24-19-22(15-16-23(24)33-27(28,29)30)35(20-11-5-3-6-12-20)21-13-7-4-8-14-21/h2-8,11-16,19H,1,9-10,17-18H2/q+1. The lowest BCUT2D eigenvalue weighted by molar-refractivity contribution is -0.275. The molecule has 0 atom stereocenters. The minimum Gasteiger partial charge on any atom is -0.423 e. The van der Waals surface area contributed by atoms with Crippen LogP contribution in [0.5, 0.6) is 11.5 Å². The van der Waals surface area contributed by atoms with Gasteiger partial charge in [0, 0.05) is 6.07 Å². The Balaban J connectivity index is 1.72. The molecule has 4 rings (SSSR count). The van der Waals surface area contributed by atoms with Crippen molar-refractivity contribution in [2.24, 2.45) is 0 Å². The fourth-order valence-electron chi connectivity index (χ4n) is 4.02. The van der Waals surface area contributed by atoms with Crippen molar-refractivity contribution >= 4 is 17.1 Å². The summed E-state index contributed by atoms with van der Waals surface area (Å²) in [5.74, 6) is -0.992. The number of rotatable bonds is 7. The molecule has 1 saturated carbocycles. The van der Waals surface area contributed by atoms with E-state index in [-0.39, 0.29) is 5.75 Å². The fraction of sp³-hybridized carbons (Fsp3) is 0.222. The summed E-state index contributed by atoms with van der Waals surface area (Å²) < 4.78 is 54.2. The smallest absolute Gasteiger partial charge is 0.423 e. The zero-order chi connectivity index (χ0) is 24.9. The van der Waals surface area contributed by atoms with Gasteiger partial charge in [0.25, 0.3) is 0 Å². The van der Waals surface area contributed by atoms with Gasteiger partial charge in [0.05, 0.1) is 10.9 Å². The molecular weight excluding hydrogens is 477 g/mol. The van der Waals surface area contributed by atoms with Gasteiger partial charge < -0.3 is 14.2 Å². The van der Waals surface area contributed by atoms with E-state index in [4.69, 9.17) is 9.47 Å². The van der Waals surface area contributed by atoms with Crippen LogP contribution in [0.3, 0.4) is 0 Å². The average Bonchev–Trinajstić information content (AvgIpc) is 3.30. The first-order chi connectivity index (χ1) is 16.8. The maximum atomic E-state index is 13.1. The summed E-state index contributed by atoms with van der Waals surface area (Å²) >= 11 is 0. The van der Waals surface area contributed by atoms with Crippen LogP contribution in [0.1, 0.15) is 25.7 Å². The van der Waals surface area contributed by atoms with Crippen molar-refractivity contribution in [3.63, 3.8) is 0 Å². The fourth-order valence-corrected chi connectivity index (χ4v) is 6.13. The first kappa shape index (κ1) is 24.7. The summed E-state index contributed by atoms with van der Waals surface area (Å²) in [5.41, 5.74) is -0.877. The topological polar surface area (TPSA) is 44.8 Å². The largest absolute Gasteiger partial charge is 0.573 e. The van der Waals surface area contributed by atoms with E-state index in [1.165, 1.54) is 6.07 Å². The molecule has 0 radical (unpaired) electrons. The molecule has 3 aromatic rings. The second-order valence-corrected chi connectivity index (χ2v) is 10.0. The summed E-state index contributed by atoms with van der Waals surface area (Å²) in [6.07, 6.45) is -1.63. The molecular formula is C27H24F3O4S+. The second-order valence-electron chi connectivity index (χ2n) is 8.02. The summed E-state index contributed by atoms with van der Waals surface area (Å²) in [6, 6.07) is 23.2. The van der Waals surface area contributed by atoms with E-state index in [9.17, 15) is 18.0 Å². The highest BCUT2D eigenvalue weighted by atomic mass is 32.2. The normalized spacial score (nSPS) is 15.0. The third kappa shape index (κ3) is 6.19. The predicted molar refractivity (Wildman–Crippen MR) is 127 cm³/mol. The molecule has 1 fully saturated rings. The van der Waals surface area contributed by atoms with Gasteiger partial charge >= 0.3 is 12.5 Å². The van der Waals surface area contributed by atoms with Crippen molar-refractivity contribution in [1.29, 1.82) is 0 Å². The number of ether oxygens (including phenoxy) is 3. The molecule has 0 bridgehead atoms. The molecule has 0 saturated heterocycles. The summed E-state index contributed by atoms with van der Waals surface area (Å²) in [6.45, 7) is 3.74. The van der Waals surface area contributed by atoms with E-state index in [0.29, 0.717) is 17.7 Å². The minimum atomic E-state index is -4.96. The van der Waals surface area contributed by atoms with Crippen LogP contribution in [-0.2, 0) is 15.6 Å². The Kier molecular flexibility index (Phi) is 7.40. The van der Waals surface area contributed by atoms with E-state index in [1.807, 2.05) is 60.7 Å². The van der Waals surface area contributed by atoms with Crippen molar-refractivity contribution in [2.45, 2.75) is 52.3 Å². The summed E-state index contributed by atoms with van der Waals surface area (Å²) in [7, 11) is -0.670. The van der Waals surface area contributed by atoms with Crippen molar-refractivity contribution in [2.75, 3.05) is 0 Å². The van der Waals surface area contributed by atoms with E-state index in [1.54, 1.807) is 12.1 Å². The van der Waals surface area contributed by atoms with Crippen LogP contribution in [0.4, 0.5) is 18.0 Å². The Morgan fingerprint density at radius 2 is 1.43 bits per heavy atom. The molecule has 8 heteroatoms. The van der Waals surface area contributed by atoms with Gasteiger partial charge in [-0.25, -0.2) is 4.79 Å². The molecule has 0 aromatic heterocycles. The lowest BCUT2D eigenvalue weighted by atomic mass is 10.0. The van der Waals surface area contributed by atoms with Gasteiger partial charge in [0.15, 0.2) is 26.2 Å². The number of hydrogen-bond acceptors (Lipinski definition) is 4. The molecule has 0 unspecified atom stereocenters. The maximum absolute atomic E-state index is 13.1. The molecule has 3 aromatic carbocycles. The van der Waals surface area contributed by atoms with Gasteiger partial charge in [0.2, 0.25) is 0 Å². The molecule has 0 spiro atoms. The van der Waals surface area contributed by atoms with Crippen LogP contribution in [0.2, 0.25) is 0 Å². The highest BCUT2D eigenvalue weighted by molar-refractivity contribution is 7.97. The quantitative estimate of drug-likeness (QED) is 0.144. The molecule has 182 valence electrons. The number of halogens is 3. The van der Waals surface area contributed by atoms with Gasteiger partial charge in [0.1, 0.15) is 5.60 Å². The molecule has 0 N–H and O–H groups in total. The minimum absolute atomic E-state index is 0.369. The molecule has 1 aliphatic rings. The molecule has 4 nitrogen and oxygen atoms in total. The number of carbonyl (C=O) groups is 1. The van der Waals surface area contributed by atoms with Gasteiger partial charge in [-0.15, -0.1) is 13.2 Å². The SMILES string of the molecule is C=CC1(OC(=O)Oc2cc([S+](c3ccccc3)c3ccccc3)ccc2OC(F)(F)F)CCCC1. The third-order valence-corrected chi connectivity index (χ3v) is 7.85. The van der Waals surface area contributed by atoms with E-state index < -0.39 is 34.8 Å². The molecule has 0 amide bonds. The van der Waals surface area contributed by atoms with Crippen LogP contribution in [0.25, 0.3) is 0 Å². The molecule has 0 heterocycles. The van der Waals surface area contributed by atoms with Gasteiger partial charge in [-0.2, -0.15) is 0 Å². The number of hydrogen-bond donors (Lipinski definition) is 0. The first-order valence-electron chi connectivity index (χ1n) is 11.1. The van der Waals surface area contributed by atoms with Crippen molar-refractivity contribution in [3.05, 3.63) is 91.5 Å². The Morgan fingerprint density at radius 1 is 0.857 bits per heavy atom. The van der Waals surface area contributed by atoms with E-state index in [0.717, 1.165) is 28.7 Å². The van der Waals surface area contributed by atoms with Crippen LogP contribution >= 0.6 is 0 Å². The van der Waals surface area contributed by atoms with Crippen molar-refractivity contribution in [3.8, 4) is 11.5 Å². The van der Waals surface area contributed by atoms with Gasteiger partial charge in [-0.3, -0.25) is 0 Å². The third-order valence-electron chi connectivity index (χ3n) is 5.64. The van der Waals surface area contributed by atoms with Crippen LogP contribution in [-0.4, -0.2) is 18.1 Å². The summed E-state index contributed by atoms with van der Waals surface area (Å²) in [5, 5.41) is 0. The van der Waals surface area contributed by atoms with Crippen LogP contribution in [0, 0.1) is 0 Å². The van der Waals surface area contributed by atoms with Crippen molar-refractivity contribution in [1.82, 2.24) is 0 Å². The zero-order valence-corrected chi connectivity index (χ0v) is 19.6. The lowest BCUT2D eigenvalue weighted by Crippen LogP contribution is -2.31. The average molecular weight is 502 g/mol. The van der Waals surface area contributed by atoms with Crippen LogP contribution in [0.15, 0.2) is 106 Å². The lowest BCUT2D eigenvalue weighted by Gasteiger charge is -2.24. The predicted octanol–water partition coefficient (Wildman–Crippen LogP) is 7.69. The molecule has 35 heavy (non-hydrogen) atoms. The van der Waals surface area contributed by atoms with E-state index >= 15 is 0 Å². The highest BCUT2D eigenvalue weighted by Crippen LogP contribution is 2.40. The Labute approximate surface area is 204 Å². The Hall–Kier alpha value is -3.39. The first-order valence-corrected chi connectivity index (χ1v) is 12.3. The van der Waals surface area contributed by atoms with Crippen molar-refractivity contribution < 1.29 is 32.2 Å². The van der Waals surface area contributed by atoms with Gasteiger partial charge in [-0.05, 0) is 68.2 Å². The Bertz CT molecular complexity index is 1120. The Morgan fingerprint density at radius 3 is 1.94 bits per heavy atom. The maximum Gasteiger partial charge on any atom is 0.573 e. The molecule has 0 aliphatic heterocycles. The highest BCUT2D eigenvalue weighted by Gasteiger charge is 2.38. The monoisotopic (exact) mass is 501 g/mol. The number of alkyl halides is 3.